The van der Waals surface area contributed by atoms with Crippen LogP contribution in [0.1, 0.15) is 24.4 Å². The molecule has 24 heavy (non-hydrogen) atoms. The summed E-state index contributed by atoms with van der Waals surface area (Å²) in [6.45, 7) is 2.89. The number of aliphatic imine (C=N–C) groups is 1. The standard InChI is InChI=1S/C17H23N3O3.HI/c1-4-14(21-9-1)7-8-18-17(19-12-15-5-2-10-22-15)20-13-16-6-3-11-23-16;/h1-2,4-5,9-10,16H,3,6-8,11-13H2,(H2,18,19,20);1H. The molecule has 0 radical (unpaired) electrons. The molecule has 1 fully saturated rings. The molecule has 0 aromatic carbocycles. The number of halogens is 1. The molecule has 2 N–H and O–H groups in total. The Morgan fingerprint density at radius 2 is 1.92 bits per heavy atom. The molecule has 1 aliphatic rings. The van der Waals surface area contributed by atoms with Crippen molar-refractivity contribution in [2.24, 2.45) is 4.99 Å². The lowest BCUT2D eigenvalue weighted by Gasteiger charge is -2.15. The van der Waals surface area contributed by atoms with Gasteiger partial charge in [0.1, 0.15) is 18.1 Å². The van der Waals surface area contributed by atoms with Crippen molar-refractivity contribution in [3.05, 3.63) is 48.3 Å². The topological polar surface area (TPSA) is 71.9 Å². The third-order valence-electron chi connectivity index (χ3n) is 3.74. The number of furan rings is 2. The smallest absolute Gasteiger partial charge is 0.191 e. The first-order chi connectivity index (χ1) is 11.4. The highest BCUT2D eigenvalue weighted by molar-refractivity contribution is 14.0. The predicted octanol–water partition coefficient (Wildman–Crippen LogP) is 2.95. The van der Waals surface area contributed by atoms with Crippen LogP contribution in [0.5, 0.6) is 0 Å². The number of hydrogen-bond donors (Lipinski definition) is 2. The lowest BCUT2D eigenvalue weighted by Crippen LogP contribution is -2.41. The Morgan fingerprint density at radius 1 is 1.12 bits per heavy atom. The SMILES string of the molecule is I.c1coc(CCNC(=NCc2ccco2)NCC2CCCO2)c1. The van der Waals surface area contributed by atoms with E-state index in [1.165, 1.54) is 0 Å². The highest BCUT2D eigenvalue weighted by Gasteiger charge is 2.15. The minimum absolute atomic E-state index is 0. The van der Waals surface area contributed by atoms with Crippen molar-refractivity contribution in [1.82, 2.24) is 10.6 Å². The van der Waals surface area contributed by atoms with Crippen molar-refractivity contribution in [3.63, 3.8) is 0 Å². The first-order valence-corrected chi connectivity index (χ1v) is 8.09. The first-order valence-electron chi connectivity index (χ1n) is 8.09. The van der Waals surface area contributed by atoms with Gasteiger partial charge in [0, 0.05) is 26.1 Å². The normalized spacial score (nSPS) is 17.5. The van der Waals surface area contributed by atoms with Crippen molar-refractivity contribution in [1.29, 1.82) is 0 Å². The Bertz CT molecular complexity index is 578. The summed E-state index contributed by atoms with van der Waals surface area (Å²) in [5.74, 6) is 2.57. The molecule has 1 aliphatic heterocycles. The molecule has 0 bridgehead atoms. The maximum Gasteiger partial charge on any atom is 0.191 e. The molecule has 1 saturated heterocycles. The summed E-state index contributed by atoms with van der Waals surface area (Å²) >= 11 is 0. The van der Waals surface area contributed by atoms with Gasteiger partial charge in [0.05, 0.1) is 18.6 Å². The van der Waals surface area contributed by atoms with Crippen molar-refractivity contribution >= 4 is 29.9 Å². The number of hydrogen-bond acceptors (Lipinski definition) is 4. The fourth-order valence-corrected chi connectivity index (χ4v) is 2.51. The summed E-state index contributed by atoms with van der Waals surface area (Å²) in [5.41, 5.74) is 0. The second-order valence-electron chi connectivity index (χ2n) is 5.52. The lowest BCUT2D eigenvalue weighted by molar-refractivity contribution is 0.114. The van der Waals surface area contributed by atoms with Crippen LogP contribution in [0, 0.1) is 0 Å². The fraction of sp³-hybridized carbons (Fsp3) is 0.471. The van der Waals surface area contributed by atoms with Crippen LogP contribution in [0.15, 0.2) is 50.6 Å². The van der Waals surface area contributed by atoms with Gasteiger partial charge in [-0.3, -0.25) is 0 Å². The summed E-state index contributed by atoms with van der Waals surface area (Å²) < 4.78 is 16.3. The fourth-order valence-electron chi connectivity index (χ4n) is 2.51. The van der Waals surface area contributed by atoms with E-state index in [4.69, 9.17) is 13.6 Å². The molecular weight excluding hydrogens is 421 g/mol. The van der Waals surface area contributed by atoms with E-state index >= 15 is 0 Å². The molecule has 1 unspecified atom stereocenters. The van der Waals surface area contributed by atoms with Crippen molar-refractivity contribution in [2.45, 2.75) is 31.9 Å². The Hall–Kier alpha value is -1.48. The Kier molecular flexibility index (Phi) is 8.17. The van der Waals surface area contributed by atoms with E-state index in [0.29, 0.717) is 6.54 Å². The van der Waals surface area contributed by atoms with Gasteiger partial charge in [0.15, 0.2) is 5.96 Å². The summed E-state index contributed by atoms with van der Waals surface area (Å²) in [6, 6.07) is 7.66. The monoisotopic (exact) mass is 445 g/mol. The Labute approximate surface area is 159 Å². The van der Waals surface area contributed by atoms with Crippen LogP contribution in [-0.4, -0.2) is 31.8 Å². The second-order valence-corrected chi connectivity index (χ2v) is 5.52. The molecule has 3 rings (SSSR count). The minimum atomic E-state index is 0. The van der Waals surface area contributed by atoms with Gasteiger partial charge in [0.2, 0.25) is 0 Å². The quantitative estimate of drug-likeness (QED) is 0.390. The van der Waals surface area contributed by atoms with E-state index in [1.54, 1.807) is 12.5 Å². The van der Waals surface area contributed by atoms with Gasteiger partial charge >= 0.3 is 0 Å². The second kappa shape index (κ2) is 10.4. The number of nitrogens with one attached hydrogen (secondary N) is 2. The van der Waals surface area contributed by atoms with Crippen LogP contribution in [0.4, 0.5) is 0 Å². The molecule has 132 valence electrons. The van der Waals surface area contributed by atoms with E-state index in [2.05, 4.69) is 15.6 Å². The summed E-state index contributed by atoms with van der Waals surface area (Å²) in [4.78, 5) is 4.56. The van der Waals surface area contributed by atoms with E-state index in [1.807, 2.05) is 24.3 Å². The number of guanidine groups is 1. The number of rotatable bonds is 7. The van der Waals surface area contributed by atoms with Crippen molar-refractivity contribution in [2.75, 3.05) is 19.7 Å². The highest BCUT2D eigenvalue weighted by Crippen LogP contribution is 2.10. The number of nitrogens with zero attached hydrogens (tertiary/aromatic N) is 1. The first kappa shape index (κ1) is 18.9. The van der Waals surface area contributed by atoms with Crippen LogP contribution < -0.4 is 10.6 Å². The van der Waals surface area contributed by atoms with Gasteiger partial charge in [-0.1, -0.05) is 0 Å². The maximum atomic E-state index is 5.64. The molecule has 2 aromatic rings. The van der Waals surface area contributed by atoms with Crippen molar-refractivity contribution in [3.8, 4) is 0 Å². The largest absolute Gasteiger partial charge is 0.469 e. The van der Waals surface area contributed by atoms with Gasteiger partial charge in [-0.25, -0.2) is 4.99 Å². The van der Waals surface area contributed by atoms with E-state index in [-0.39, 0.29) is 30.1 Å². The average Bonchev–Trinajstić information content (AvgIpc) is 3.33. The molecule has 0 aliphatic carbocycles. The molecule has 2 aromatic heterocycles. The Balaban J connectivity index is 0.00000208. The summed E-state index contributed by atoms with van der Waals surface area (Å²) in [7, 11) is 0. The number of ether oxygens (including phenoxy) is 1. The van der Waals surface area contributed by atoms with Gasteiger partial charge in [-0.2, -0.15) is 0 Å². The van der Waals surface area contributed by atoms with Gasteiger partial charge in [-0.05, 0) is 37.1 Å². The van der Waals surface area contributed by atoms with E-state index < -0.39 is 0 Å². The zero-order valence-corrected chi connectivity index (χ0v) is 15.9. The third kappa shape index (κ3) is 6.20. The van der Waals surface area contributed by atoms with Crippen LogP contribution >= 0.6 is 24.0 Å². The molecular formula is C17H24IN3O3. The van der Waals surface area contributed by atoms with Crippen LogP contribution in [0.3, 0.4) is 0 Å². The predicted molar refractivity (Wildman–Crippen MR) is 103 cm³/mol. The van der Waals surface area contributed by atoms with E-state index in [0.717, 1.165) is 56.4 Å². The average molecular weight is 445 g/mol. The van der Waals surface area contributed by atoms with E-state index in [9.17, 15) is 0 Å². The Morgan fingerprint density at radius 3 is 2.58 bits per heavy atom. The van der Waals surface area contributed by atoms with Crippen LogP contribution in [0.2, 0.25) is 0 Å². The third-order valence-corrected chi connectivity index (χ3v) is 3.74. The molecule has 0 saturated carbocycles. The molecule has 3 heterocycles. The molecule has 7 heteroatoms. The van der Waals surface area contributed by atoms with Gasteiger partial charge in [-0.15, -0.1) is 24.0 Å². The minimum Gasteiger partial charge on any atom is -0.469 e. The van der Waals surface area contributed by atoms with Crippen molar-refractivity contribution < 1.29 is 13.6 Å². The maximum absolute atomic E-state index is 5.64. The molecule has 0 spiro atoms. The highest BCUT2D eigenvalue weighted by atomic mass is 127. The zero-order valence-electron chi connectivity index (χ0n) is 13.6. The molecule has 1 atom stereocenters. The summed E-state index contributed by atoms with van der Waals surface area (Å²) in [6.07, 6.45) is 6.68. The molecule has 6 nitrogen and oxygen atoms in total. The van der Waals surface area contributed by atoms with Gasteiger partial charge < -0.3 is 24.2 Å². The van der Waals surface area contributed by atoms with Crippen LogP contribution in [0.25, 0.3) is 0 Å². The zero-order chi connectivity index (χ0) is 15.7. The summed E-state index contributed by atoms with van der Waals surface area (Å²) in [5, 5.41) is 6.67. The lowest BCUT2D eigenvalue weighted by atomic mass is 10.2. The van der Waals surface area contributed by atoms with Crippen LogP contribution in [-0.2, 0) is 17.7 Å². The van der Waals surface area contributed by atoms with Gasteiger partial charge in [0.25, 0.3) is 0 Å². The molecule has 0 amide bonds.